The number of hydrogen-bond acceptors (Lipinski definition) is 5. The highest BCUT2D eigenvalue weighted by molar-refractivity contribution is 6.00. The molecule has 0 aliphatic rings. The van der Waals surface area contributed by atoms with Crippen molar-refractivity contribution in [3.8, 4) is 0 Å². The summed E-state index contributed by atoms with van der Waals surface area (Å²) >= 11 is 0. The van der Waals surface area contributed by atoms with E-state index in [4.69, 9.17) is 9.15 Å². The standard InChI is InChI=1S/C22H23NO5/c1-14(20(25)15-9-11-16(12-10-15)22(2,3)4)27-19(24)13-23-17-7-5-6-8-18(17)28-21(23)26/h5-12,14H,13H2,1-4H3/t14-/m1/s1. The fraction of sp³-hybridized carbons (Fsp3) is 0.318. The van der Waals surface area contributed by atoms with Gasteiger partial charge in [0.2, 0.25) is 5.78 Å². The fourth-order valence-electron chi connectivity index (χ4n) is 2.95. The van der Waals surface area contributed by atoms with Crippen molar-refractivity contribution in [2.24, 2.45) is 0 Å². The van der Waals surface area contributed by atoms with E-state index in [0.29, 0.717) is 16.7 Å². The van der Waals surface area contributed by atoms with Gasteiger partial charge in [0.05, 0.1) is 5.52 Å². The summed E-state index contributed by atoms with van der Waals surface area (Å²) < 4.78 is 11.5. The van der Waals surface area contributed by atoms with Gasteiger partial charge in [0.15, 0.2) is 11.7 Å². The lowest BCUT2D eigenvalue weighted by Gasteiger charge is -2.19. The predicted molar refractivity (Wildman–Crippen MR) is 106 cm³/mol. The number of hydrogen-bond donors (Lipinski definition) is 0. The molecule has 0 radical (unpaired) electrons. The second-order valence-corrected chi connectivity index (χ2v) is 7.75. The molecular formula is C22H23NO5. The molecule has 0 aliphatic heterocycles. The van der Waals surface area contributed by atoms with Crippen LogP contribution in [0.4, 0.5) is 0 Å². The molecule has 0 unspecified atom stereocenters. The van der Waals surface area contributed by atoms with Crippen LogP contribution in [0.3, 0.4) is 0 Å². The lowest BCUT2D eigenvalue weighted by atomic mass is 9.86. The van der Waals surface area contributed by atoms with E-state index >= 15 is 0 Å². The van der Waals surface area contributed by atoms with Crippen molar-refractivity contribution in [1.82, 2.24) is 4.57 Å². The van der Waals surface area contributed by atoms with Crippen LogP contribution in [0.15, 0.2) is 57.7 Å². The number of carbonyl (C=O) groups excluding carboxylic acids is 2. The van der Waals surface area contributed by atoms with E-state index in [2.05, 4.69) is 20.8 Å². The average Bonchev–Trinajstić information content (AvgIpc) is 2.96. The quantitative estimate of drug-likeness (QED) is 0.497. The molecule has 0 bridgehead atoms. The topological polar surface area (TPSA) is 78.5 Å². The Bertz CT molecular complexity index is 1070. The van der Waals surface area contributed by atoms with Gasteiger partial charge >= 0.3 is 11.7 Å². The normalized spacial score (nSPS) is 12.7. The molecule has 146 valence electrons. The van der Waals surface area contributed by atoms with Crippen molar-refractivity contribution in [2.75, 3.05) is 0 Å². The van der Waals surface area contributed by atoms with Crippen LogP contribution in [0.5, 0.6) is 0 Å². The van der Waals surface area contributed by atoms with Crippen LogP contribution in [0.2, 0.25) is 0 Å². The fourth-order valence-corrected chi connectivity index (χ4v) is 2.95. The molecule has 1 heterocycles. The van der Waals surface area contributed by atoms with Crippen LogP contribution in [0.1, 0.15) is 43.6 Å². The molecule has 0 spiro atoms. The van der Waals surface area contributed by atoms with Gasteiger partial charge in [-0.15, -0.1) is 0 Å². The van der Waals surface area contributed by atoms with Gasteiger partial charge in [-0.05, 0) is 30.0 Å². The number of fused-ring (bicyclic) bond motifs is 1. The number of ether oxygens (including phenoxy) is 1. The van der Waals surface area contributed by atoms with Gasteiger partial charge in [0, 0.05) is 5.56 Å². The van der Waals surface area contributed by atoms with E-state index in [-0.39, 0.29) is 17.7 Å². The molecule has 3 aromatic rings. The number of rotatable bonds is 5. The number of para-hydroxylation sites is 2. The van der Waals surface area contributed by atoms with E-state index in [9.17, 15) is 14.4 Å². The lowest BCUT2D eigenvalue weighted by molar-refractivity contribution is -0.147. The maximum absolute atomic E-state index is 12.6. The van der Waals surface area contributed by atoms with Crippen LogP contribution >= 0.6 is 0 Å². The number of benzene rings is 2. The third kappa shape index (κ3) is 4.06. The highest BCUT2D eigenvalue weighted by atomic mass is 16.5. The Morgan fingerprint density at radius 2 is 1.71 bits per heavy atom. The van der Waals surface area contributed by atoms with Gasteiger partial charge in [0.1, 0.15) is 6.54 Å². The summed E-state index contributed by atoms with van der Waals surface area (Å²) in [6.07, 6.45) is -0.957. The van der Waals surface area contributed by atoms with Crippen LogP contribution < -0.4 is 5.76 Å². The summed E-state index contributed by atoms with van der Waals surface area (Å²) in [5, 5.41) is 0. The second kappa shape index (κ2) is 7.46. The molecular weight excluding hydrogens is 358 g/mol. The van der Waals surface area contributed by atoms with Gasteiger partial charge in [-0.25, -0.2) is 4.79 Å². The van der Waals surface area contributed by atoms with E-state index in [1.807, 2.05) is 12.1 Å². The molecule has 0 fully saturated rings. The molecule has 0 saturated heterocycles. The third-order valence-corrected chi connectivity index (χ3v) is 4.57. The van der Waals surface area contributed by atoms with Crippen molar-refractivity contribution in [3.63, 3.8) is 0 Å². The summed E-state index contributed by atoms with van der Waals surface area (Å²) in [6, 6.07) is 14.1. The molecule has 28 heavy (non-hydrogen) atoms. The Kier molecular flexibility index (Phi) is 5.23. The van der Waals surface area contributed by atoms with E-state index in [1.165, 1.54) is 11.5 Å². The first-order chi connectivity index (χ1) is 13.2. The Labute approximate surface area is 162 Å². The summed E-state index contributed by atoms with van der Waals surface area (Å²) in [5.74, 6) is -1.62. The smallest absolute Gasteiger partial charge is 0.420 e. The number of ketones is 1. The molecule has 6 nitrogen and oxygen atoms in total. The molecule has 6 heteroatoms. The predicted octanol–water partition coefficient (Wildman–Crippen LogP) is 3.71. The van der Waals surface area contributed by atoms with Crippen LogP contribution in [0, 0.1) is 0 Å². The Morgan fingerprint density at radius 1 is 1.07 bits per heavy atom. The van der Waals surface area contributed by atoms with Crippen LogP contribution in [-0.4, -0.2) is 22.4 Å². The minimum absolute atomic E-state index is 0.0136. The van der Waals surface area contributed by atoms with Gasteiger partial charge in [0.25, 0.3) is 0 Å². The zero-order chi connectivity index (χ0) is 20.5. The largest absolute Gasteiger partial charge is 0.453 e. The Morgan fingerprint density at radius 3 is 2.36 bits per heavy atom. The molecule has 0 aliphatic carbocycles. The van der Waals surface area contributed by atoms with Crippen molar-refractivity contribution >= 4 is 22.9 Å². The molecule has 1 atom stereocenters. The minimum atomic E-state index is -0.957. The monoisotopic (exact) mass is 381 g/mol. The first kappa shape index (κ1) is 19.6. The number of esters is 1. The molecule has 1 aromatic heterocycles. The number of Topliss-reactive ketones (excluding diaryl/α,β-unsaturated/α-hetero) is 1. The van der Waals surface area contributed by atoms with Crippen molar-refractivity contribution in [1.29, 1.82) is 0 Å². The zero-order valence-electron chi connectivity index (χ0n) is 16.4. The third-order valence-electron chi connectivity index (χ3n) is 4.57. The average molecular weight is 381 g/mol. The number of oxazole rings is 1. The number of nitrogens with zero attached hydrogens (tertiary/aromatic N) is 1. The van der Waals surface area contributed by atoms with Gasteiger partial charge in [-0.3, -0.25) is 14.2 Å². The van der Waals surface area contributed by atoms with E-state index in [1.54, 1.807) is 36.4 Å². The van der Waals surface area contributed by atoms with E-state index in [0.717, 1.165) is 5.56 Å². The van der Waals surface area contributed by atoms with Gasteiger partial charge in [-0.1, -0.05) is 57.2 Å². The Balaban J connectivity index is 1.69. The molecule has 0 N–H and O–H groups in total. The summed E-state index contributed by atoms with van der Waals surface area (Å²) in [7, 11) is 0. The van der Waals surface area contributed by atoms with Gasteiger partial charge in [-0.2, -0.15) is 0 Å². The van der Waals surface area contributed by atoms with Crippen molar-refractivity contribution in [3.05, 3.63) is 70.2 Å². The summed E-state index contributed by atoms with van der Waals surface area (Å²) in [5.41, 5.74) is 2.46. The molecule has 0 saturated carbocycles. The number of carbonyl (C=O) groups is 2. The minimum Gasteiger partial charge on any atom is -0.453 e. The number of aromatic nitrogens is 1. The first-order valence-electron chi connectivity index (χ1n) is 9.09. The highest BCUT2D eigenvalue weighted by Gasteiger charge is 2.22. The van der Waals surface area contributed by atoms with Crippen molar-refractivity contribution in [2.45, 2.75) is 45.8 Å². The molecule has 3 rings (SSSR count). The Hall–Kier alpha value is -3.15. The van der Waals surface area contributed by atoms with Crippen molar-refractivity contribution < 1.29 is 18.7 Å². The van der Waals surface area contributed by atoms with Crippen LogP contribution in [0.25, 0.3) is 11.1 Å². The summed E-state index contributed by atoms with van der Waals surface area (Å²) in [4.78, 5) is 36.8. The van der Waals surface area contributed by atoms with Crippen LogP contribution in [-0.2, 0) is 21.5 Å². The highest BCUT2D eigenvalue weighted by Crippen LogP contribution is 2.22. The first-order valence-corrected chi connectivity index (χ1v) is 9.09. The lowest BCUT2D eigenvalue weighted by Crippen LogP contribution is -2.28. The SMILES string of the molecule is C[C@@H](OC(=O)Cn1c(=O)oc2ccccc21)C(=O)c1ccc(C(C)(C)C)cc1. The van der Waals surface area contributed by atoms with Gasteiger partial charge < -0.3 is 9.15 Å². The second-order valence-electron chi connectivity index (χ2n) is 7.75. The molecule has 2 aromatic carbocycles. The molecule has 0 amide bonds. The summed E-state index contributed by atoms with van der Waals surface area (Å²) in [6.45, 7) is 7.48. The zero-order valence-corrected chi connectivity index (χ0v) is 16.4. The maximum Gasteiger partial charge on any atom is 0.420 e. The maximum atomic E-state index is 12.6. The van der Waals surface area contributed by atoms with E-state index < -0.39 is 17.8 Å².